The Labute approximate surface area is 131 Å². The molecule has 2 aromatic carbocycles. The largest absolute Gasteiger partial charge is 0.334 e. The molecule has 2 aromatic heterocycles. The van der Waals surface area contributed by atoms with E-state index in [1.807, 2.05) is 48.5 Å². The summed E-state index contributed by atoms with van der Waals surface area (Å²) < 4.78 is 5.36. The first-order valence-electron chi connectivity index (χ1n) is 7.07. The van der Waals surface area contributed by atoms with E-state index in [9.17, 15) is 0 Å². The van der Waals surface area contributed by atoms with Crippen LogP contribution in [0.2, 0.25) is 0 Å². The van der Waals surface area contributed by atoms with E-state index in [2.05, 4.69) is 20.3 Å². The molecule has 0 saturated carbocycles. The van der Waals surface area contributed by atoms with E-state index in [1.54, 1.807) is 0 Å². The first-order valence-corrected chi connectivity index (χ1v) is 7.07. The number of hydrogen-bond donors (Lipinski definition) is 1. The topological polar surface area (TPSA) is 93.5 Å². The second-order valence-electron chi connectivity index (χ2n) is 4.95. The molecule has 0 unspecified atom stereocenters. The SMILES string of the molecule is N=CCn1nc2ccc(-c3nc(-c4ccccc4)no3)cc2n1. The normalized spacial score (nSPS) is 11.0. The van der Waals surface area contributed by atoms with Gasteiger partial charge < -0.3 is 9.93 Å². The van der Waals surface area contributed by atoms with Crippen LogP contribution < -0.4 is 0 Å². The average molecular weight is 304 g/mol. The van der Waals surface area contributed by atoms with E-state index in [-0.39, 0.29) is 0 Å². The predicted molar refractivity (Wildman–Crippen MR) is 85.0 cm³/mol. The van der Waals surface area contributed by atoms with Gasteiger partial charge in [-0.15, -0.1) is 0 Å². The summed E-state index contributed by atoms with van der Waals surface area (Å²) in [6, 6.07) is 15.2. The summed E-state index contributed by atoms with van der Waals surface area (Å²) in [5.41, 5.74) is 3.18. The third-order valence-electron chi connectivity index (χ3n) is 3.38. The lowest BCUT2D eigenvalue weighted by Crippen LogP contribution is -2.01. The van der Waals surface area contributed by atoms with Crippen LogP contribution in [0.5, 0.6) is 0 Å². The van der Waals surface area contributed by atoms with Crippen molar-refractivity contribution < 1.29 is 4.52 Å². The van der Waals surface area contributed by atoms with Gasteiger partial charge in [-0.3, -0.25) is 0 Å². The highest BCUT2D eigenvalue weighted by Crippen LogP contribution is 2.24. The second kappa shape index (κ2) is 5.45. The molecule has 0 aliphatic rings. The van der Waals surface area contributed by atoms with E-state index in [0.717, 1.165) is 22.2 Å². The molecule has 7 heteroatoms. The Morgan fingerprint density at radius 1 is 1.00 bits per heavy atom. The van der Waals surface area contributed by atoms with E-state index in [4.69, 9.17) is 9.93 Å². The van der Waals surface area contributed by atoms with E-state index in [0.29, 0.717) is 18.3 Å². The fourth-order valence-corrected chi connectivity index (χ4v) is 2.30. The number of nitrogens with one attached hydrogen (secondary N) is 1. The number of hydrogen-bond acceptors (Lipinski definition) is 6. The van der Waals surface area contributed by atoms with Crippen LogP contribution in [0.15, 0.2) is 53.1 Å². The van der Waals surface area contributed by atoms with Crippen LogP contribution in [-0.4, -0.2) is 31.3 Å². The highest BCUT2D eigenvalue weighted by atomic mass is 16.5. The van der Waals surface area contributed by atoms with Crippen LogP contribution in [0.1, 0.15) is 0 Å². The van der Waals surface area contributed by atoms with Crippen molar-refractivity contribution in [3.05, 3.63) is 48.5 Å². The molecule has 0 radical (unpaired) electrons. The van der Waals surface area contributed by atoms with Gasteiger partial charge in [0, 0.05) is 17.3 Å². The van der Waals surface area contributed by atoms with Gasteiger partial charge in [0.15, 0.2) is 0 Å². The summed E-state index contributed by atoms with van der Waals surface area (Å²) in [5.74, 6) is 0.987. The predicted octanol–water partition coefficient (Wildman–Crippen LogP) is 2.80. The van der Waals surface area contributed by atoms with E-state index in [1.165, 1.54) is 11.0 Å². The van der Waals surface area contributed by atoms with Gasteiger partial charge in [0.1, 0.15) is 11.0 Å². The second-order valence-corrected chi connectivity index (χ2v) is 4.95. The maximum atomic E-state index is 7.12. The fraction of sp³-hybridized carbons (Fsp3) is 0.0625. The maximum Gasteiger partial charge on any atom is 0.258 e. The van der Waals surface area contributed by atoms with Crippen LogP contribution in [0.4, 0.5) is 0 Å². The standard InChI is InChI=1S/C16H12N6O/c17-8-9-22-19-13-7-6-12(10-14(13)20-22)16-18-15(21-23-16)11-4-2-1-3-5-11/h1-8,10,17H,9H2. The highest BCUT2D eigenvalue weighted by molar-refractivity contribution is 5.79. The molecule has 2 heterocycles. The molecule has 4 rings (SSSR count). The summed E-state index contributed by atoms with van der Waals surface area (Å²) in [7, 11) is 0. The van der Waals surface area contributed by atoms with Crippen molar-refractivity contribution in [3.8, 4) is 22.8 Å². The van der Waals surface area contributed by atoms with Gasteiger partial charge in [-0.2, -0.15) is 20.0 Å². The Bertz CT molecular complexity index is 973. The molecule has 23 heavy (non-hydrogen) atoms. The lowest BCUT2D eigenvalue weighted by atomic mass is 10.2. The first kappa shape index (κ1) is 13.3. The zero-order chi connectivity index (χ0) is 15.6. The summed E-state index contributed by atoms with van der Waals surface area (Å²) in [5, 5.41) is 19.7. The van der Waals surface area contributed by atoms with Crippen molar-refractivity contribution in [2.24, 2.45) is 0 Å². The Morgan fingerprint density at radius 2 is 1.83 bits per heavy atom. The fourth-order valence-electron chi connectivity index (χ4n) is 2.30. The molecular weight excluding hydrogens is 292 g/mol. The quantitative estimate of drug-likeness (QED) is 0.585. The Morgan fingerprint density at radius 3 is 2.65 bits per heavy atom. The first-order chi connectivity index (χ1) is 11.3. The van der Waals surface area contributed by atoms with Gasteiger partial charge in [-0.25, -0.2) is 0 Å². The van der Waals surface area contributed by atoms with Crippen molar-refractivity contribution in [2.75, 3.05) is 0 Å². The minimum atomic E-state index is 0.350. The van der Waals surface area contributed by atoms with Crippen LogP contribution in [0.25, 0.3) is 33.9 Å². The zero-order valence-corrected chi connectivity index (χ0v) is 12.0. The molecule has 112 valence electrons. The summed E-state index contributed by atoms with van der Waals surface area (Å²) in [6.45, 7) is 0.350. The number of nitrogens with zero attached hydrogens (tertiary/aromatic N) is 5. The third-order valence-corrected chi connectivity index (χ3v) is 3.38. The number of fused-ring (bicyclic) bond motifs is 1. The monoisotopic (exact) mass is 304 g/mol. The Balaban J connectivity index is 1.71. The number of rotatable bonds is 4. The minimum Gasteiger partial charge on any atom is -0.334 e. The van der Waals surface area contributed by atoms with Gasteiger partial charge in [-0.05, 0) is 18.2 Å². The third kappa shape index (κ3) is 2.48. The minimum absolute atomic E-state index is 0.350. The lowest BCUT2D eigenvalue weighted by Gasteiger charge is -1.93. The molecule has 0 saturated heterocycles. The smallest absolute Gasteiger partial charge is 0.258 e. The molecule has 1 N–H and O–H groups in total. The van der Waals surface area contributed by atoms with Gasteiger partial charge in [-0.1, -0.05) is 35.5 Å². The zero-order valence-electron chi connectivity index (χ0n) is 12.0. The lowest BCUT2D eigenvalue weighted by molar-refractivity contribution is 0.432. The summed E-state index contributed by atoms with van der Waals surface area (Å²) >= 11 is 0. The van der Waals surface area contributed by atoms with Crippen molar-refractivity contribution in [1.29, 1.82) is 5.41 Å². The molecule has 4 aromatic rings. The summed E-state index contributed by atoms with van der Waals surface area (Å²) in [4.78, 5) is 5.91. The van der Waals surface area contributed by atoms with Crippen molar-refractivity contribution in [1.82, 2.24) is 25.1 Å². The molecule has 0 aliphatic carbocycles. The van der Waals surface area contributed by atoms with Crippen molar-refractivity contribution in [3.63, 3.8) is 0 Å². The van der Waals surface area contributed by atoms with Crippen molar-refractivity contribution in [2.45, 2.75) is 6.54 Å². The van der Waals surface area contributed by atoms with Gasteiger partial charge in [0.25, 0.3) is 5.89 Å². The molecule has 0 atom stereocenters. The molecule has 0 aliphatic heterocycles. The Hall–Kier alpha value is -3.35. The average Bonchev–Trinajstić information content (AvgIpc) is 3.22. The molecule has 0 fully saturated rings. The molecule has 0 amide bonds. The molecule has 0 bridgehead atoms. The number of benzene rings is 2. The summed E-state index contributed by atoms with van der Waals surface area (Å²) in [6.07, 6.45) is 1.25. The van der Waals surface area contributed by atoms with Gasteiger partial charge in [0.2, 0.25) is 5.82 Å². The molecule has 7 nitrogen and oxygen atoms in total. The van der Waals surface area contributed by atoms with E-state index < -0.39 is 0 Å². The van der Waals surface area contributed by atoms with E-state index >= 15 is 0 Å². The number of aromatic nitrogens is 5. The van der Waals surface area contributed by atoms with Crippen LogP contribution in [0.3, 0.4) is 0 Å². The Kier molecular flexibility index (Phi) is 3.16. The van der Waals surface area contributed by atoms with Crippen LogP contribution in [0, 0.1) is 5.41 Å². The van der Waals surface area contributed by atoms with Gasteiger partial charge in [0.05, 0.1) is 6.54 Å². The molecular formula is C16H12N6O. The van der Waals surface area contributed by atoms with Gasteiger partial charge >= 0.3 is 0 Å². The van der Waals surface area contributed by atoms with Crippen LogP contribution >= 0.6 is 0 Å². The van der Waals surface area contributed by atoms with Crippen LogP contribution in [-0.2, 0) is 6.54 Å². The maximum absolute atomic E-state index is 7.12. The van der Waals surface area contributed by atoms with Crippen molar-refractivity contribution >= 4 is 17.2 Å². The highest BCUT2D eigenvalue weighted by Gasteiger charge is 2.12. The molecule has 0 spiro atoms.